The fraction of sp³-hybridized carbons (Fsp3) is 0.133. The molecular formula is C15H10F4N2. The number of nitriles is 1. The van der Waals surface area contributed by atoms with Crippen LogP contribution in [0.3, 0.4) is 0 Å². The van der Waals surface area contributed by atoms with Crippen molar-refractivity contribution in [2.45, 2.75) is 13.1 Å². The maximum Gasteiger partial charge on any atom is 0.416 e. The molecule has 21 heavy (non-hydrogen) atoms. The number of aryl methyl sites for hydroxylation is 1. The van der Waals surface area contributed by atoms with Gasteiger partial charge in [0.05, 0.1) is 22.5 Å². The van der Waals surface area contributed by atoms with E-state index >= 15 is 0 Å². The van der Waals surface area contributed by atoms with E-state index in [0.29, 0.717) is 23.4 Å². The number of anilines is 2. The molecule has 2 aromatic carbocycles. The average Bonchev–Trinajstić information content (AvgIpc) is 2.41. The van der Waals surface area contributed by atoms with Gasteiger partial charge in [0.2, 0.25) is 0 Å². The van der Waals surface area contributed by atoms with Crippen LogP contribution in [0.2, 0.25) is 0 Å². The van der Waals surface area contributed by atoms with Gasteiger partial charge in [0.1, 0.15) is 11.9 Å². The fourth-order valence-electron chi connectivity index (χ4n) is 1.86. The first kappa shape index (κ1) is 14.9. The topological polar surface area (TPSA) is 35.8 Å². The second kappa shape index (κ2) is 5.44. The predicted octanol–water partition coefficient (Wildman–Crippen LogP) is 4.77. The molecule has 0 amide bonds. The molecule has 2 aromatic rings. The first-order valence-electron chi connectivity index (χ1n) is 5.96. The van der Waals surface area contributed by atoms with Crippen LogP contribution < -0.4 is 5.32 Å². The van der Waals surface area contributed by atoms with E-state index < -0.39 is 17.6 Å². The predicted molar refractivity (Wildman–Crippen MR) is 70.6 cm³/mol. The largest absolute Gasteiger partial charge is 0.416 e. The summed E-state index contributed by atoms with van der Waals surface area (Å²) in [6, 6.07) is 8.83. The molecule has 0 aliphatic rings. The number of rotatable bonds is 2. The van der Waals surface area contributed by atoms with Crippen molar-refractivity contribution in [3.05, 3.63) is 58.9 Å². The Balaban J connectivity index is 2.48. The molecule has 2 rings (SSSR count). The maximum absolute atomic E-state index is 13.7. The van der Waals surface area contributed by atoms with Crippen molar-refractivity contribution in [3.8, 4) is 6.07 Å². The van der Waals surface area contributed by atoms with Crippen molar-refractivity contribution in [1.29, 1.82) is 5.26 Å². The molecule has 108 valence electrons. The van der Waals surface area contributed by atoms with Gasteiger partial charge in [0.15, 0.2) is 0 Å². The second-order valence-electron chi connectivity index (χ2n) is 4.43. The van der Waals surface area contributed by atoms with Crippen LogP contribution in [0.5, 0.6) is 0 Å². The van der Waals surface area contributed by atoms with E-state index in [0.717, 1.165) is 6.07 Å². The minimum absolute atomic E-state index is 0.229. The molecule has 0 aliphatic carbocycles. The highest BCUT2D eigenvalue weighted by atomic mass is 19.4. The molecule has 1 N–H and O–H groups in total. The number of hydrogen-bond acceptors (Lipinski definition) is 2. The zero-order valence-electron chi connectivity index (χ0n) is 10.9. The monoisotopic (exact) mass is 294 g/mol. The molecule has 2 nitrogen and oxygen atoms in total. The van der Waals surface area contributed by atoms with E-state index in [9.17, 15) is 17.6 Å². The Morgan fingerprint density at radius 1 is 1.14 bits per heavy atom. The Kier molecular flexibility index (Phi) is 3.85. The molecule has 0 bridgehead atoms. The van der Waals surface area contributed by atoms with Crippen LogP contribution in [0.4, 0.5) is 28.9 Å². The van der Waals surface area contributed by atoms with E-state index in [1.807, 2.05) is 6.07 Å². The number of nitrogens with one attached hydrogen (secondary N) is 1. The molecule has 0 saturated heterocycles. The van der Waals surface area contributed by atoms with Crippen LogP contribution in [0.15, 0.2) is 36.4 Å². The van der Waals surface area contributed by atoms with E-state index in [4.69, 9.17) is 5.26 Å². The number of alkyl halides is 3. The second-order valence-corrected chi connectivity index (χ2v) is 4.43. The van der Waals surface area contributed by atoms with Gasteiger partial charge >= 0.3 is 6.18 Å². The molecule has 0 unspecified atom stereocenters. The maximum atomic E-state index is 13.7. The SMILES string of the molecule is Cc1cccc(C#N)c1Nc1cc(C(F)(F)F)ccc1F. The highest BCUT2D eigenvalue weighted by molar-refractivity contribution is 5.70. The van der Waals surface area contributed by atoms with Gasteiger partial charge in [0, 0.05) is 0 Å². The Labute approximate surface area is 118 Å². The van der Waals surface area contributed by atoms with Gasteiger partial charge in [-0.3, -0.25) is 0 Å². The molecule has 6 heteroatoms. The summed E-state index contributed by atoms with van der Waals surface area (Å²) >= 11 is 0. The molecule has 0 radical (unpaired) electrons. The summed E-state index contributed by atoms with van der Waals surface area (Å²) < 4.78 is 51.7. The molecular weight excluding hydrogens is 284 g/mol. The van der Waals surface area contributed by atoms with Gasteiger partial charge in [-0.1, -0.05) is 12.1 Å². The third-order valence-corrected chi connectivity index (χ3v) is 2.95. The lowest BCUT2D eigenvalue weighted by atomic mass is 10.1. The zero-order valence-corrected chi connectivity index (χ0v) is 10.9. The zero-order chi connectivity index (χ0) is 15.6. The molecule has 0 heterocycles. The lowest BCUT2D eigenvalue weighted by Crippen LogP contribution is -2.07. The molecule has 0 aliphatic heterocycles. The summed E-state index contributed by atoms with van der Waals surface area (Å²) in [6.45, 7) is 1.68. The van der Waals surface area contributed by atoms with Gasteiger partial charge in [-0.05, 0) is 36.8 Å². The van der Waals surface area contributed by atoms with Crippen molar-refractivity contribution < 1.29 is 17.6 Å². The summed E-state index contributed by atoms with van der Waals surface area (Å²) in [4.78, 5) is 0. The first-order chi connectivity index (χ1) is 9.82. The molecule has 0 aromatic heterocycles. The van der Waals surface area contributed by atoms with E-state index in [1.54, 1.807) is 19.1 Å². The number of hydrogen-bond donors (Lipinski definition) is 1. The number of halogens is 4. The number of benzene rings is 2. The minimum atomic E-state index is -4.56. The first-order valence-corrected chi connectivity index (χ1v) is 5.96. The summed E-state index contributed by atoms with van der Waals surface area (Å²) in [5.41, 5.74) is -0.134. The Morgan fingerprint density at radius 3 is 2.48 bits per heavy atom. The lowest BCUT2D eigenvalue weighted by molar-refractivity contribution is -0.137. The molecule has 0 fully saturated rings. The van der Waals surface area contributed by atoms with Gasteiger partial charge in [-0.25, -0.2) is 4.39 Å². The third-order valence-electron chi connectivity index (χ3n) is 2.95. The quantitative estimate of drug-likeness (QED) is 0.810. The highest BCUT2D eigenvalue weighted by Crippen LogP contribution is 2.33. The summed E-state index contributed by atoms with van der Waals surface area (Å²) in [7, 11) is 0. The Bertz CT molecular complexity index is 715. The van der Waals surface area contributed by atoms with Crippen LogP contribution in [-0.2, 0) is 6.18 Å². The molecule has 0 saturated carbocycles. The van der Waals surface area contributed by atoms with E-state index in [1.165, 1.54) is 6.07 Å². The number of para-hydroxylation sites is 1. The van der Waals surface area contributed by atoms with Crippen LogP contribution in [-0.4, -0.2) is 0 Å². The molecule has 0 spiro atoms. The van der Waals surface area contributed by atoms with Crippen LogP contribution in [0.1, 0.15) is 16.7 Å². The van der Waals surface area contributed by atoms with Gasteiger partial charge < -0.3 is 5.32 Å². The molecule has 0 atom stereocenters. The van der Waals surface area contributed by atoms with Crippen molar-refractivity contribution in [2.75, 3.05) is 5.32 Å². The summed E-state index contributed by atoms with van der Waals surface area (Å²) in [6.07, 6.45) is -4.56. The number of nitrogens with zero attached hydrogens (tertiary/aromatic N) is 1. The lowest BCUT2D eigenvalue weighted by Gasteiger charge is -2.14. The van der Waals surface area contributed by atoms with Crippen LogP contribution >= 0.6 is 0 Å². The van der Waals surface area contributed by atoms with E-state index in [2.05, 4.69) is 5.32 Å². The van der Waals surface area contributed by atoms with Crippen molar-refractivity contribution in [2.24, 2.45) is 0 Å². The Morgan fingerprint density at radius 2 is 1.86 bits per heavy atom. The average molecular weight is 294 g/mol. The van der Waals surface area contributed by atoms with Gasteiger partial charge in [-0.15, -0.1) is 0 Å². The van der Waals surface area contributed by atoms with Crippen LogP contribution in [0.25, 0.3) is 0 Å². The minimum Gasteiger partial charge on any atom is -0.352 e. The van der Waals surface area contributed by atoms with Crippen molar-refractivity contribution in [3.63, 3.8) is 0 Å². The van der Waals surface area contributed by atoms with Crippen molar-refractivity contribution >= 4 is 11.4 Å². The van der Waals surface area contributed by atoms with Gasteiger partial charge in [-0.2, -0.15) is 18.4 Å². The Hall–Kier alpha value is -2.55. The third kappa shape index (κ3) is 3.14. The van der Waals surface area contributed by atoms with Gasteiger partial charge in [0.25, 0.3) is 0 Å². The normalized spacial score (nSPS) is 11.0. The van der Waals surface area contributed by atoms with E-state index in [-0.39, 0.29) is 11.3 Å². The summed E-state index contributed by atoms with van der Waals surface area (Å²) in [5.74, 6) is -0.824. The van der Waals surface area contributed by atoms with Crippen molar-refractivity contribution in [1.82, 2.24) is 0 Å². The fourth-order valence-corrected chi connectivity index (χ4v) is 1.86. The standard InChI is InChI=1S/C15H10F4N2/c1-9-3-2-4-10(8-20)14(9)21-13-7-11(15(17,18)19)5-6-12(13)16/h2-7,21H,1H3. The highest BCUT2D eigenvalue weighted by Gasteiger charge is 2.31. The van der Waals surface area contributed by atoms with Crippen LogP contribution in [0, 0.1) is 24.1 Å². The smallest absolute Gasteiger partial charge is 0.352 e. The summed E-state index contributed by atoms with van der Waals surface area (Å²) in [5, 5.41) is 11.6.